The quantitative estimate of drug-likeness (QED) is 0.166. The Morgan fingerprint density at radius 3 is 2.13 bits per heavy atom. The van der Waals surface area contributed by atoms with Crippen molar-refractivity contribution in [3.63, 3.8) is 0 Å². The zero-order valence-electron chi connectivity index (χ0n) is 25.5. The van der Waals surface area contributed by atoms with Crippen molar-refractivity contribution in [3.8, 4) is 0 Å². The number of amides is 2. The molecule has 0 saturated carbocycles. The van der Waals surface area contributed by atoms with Crippen LogP contribution in [0.5, 0.6) is 0 Å². The van der Waals surface area contributed by atoms with E-state index < -0.39 is 62.7 Å². The number of likely N-dealkylation sites (N-methyl/N-ethyl adjacent to an activating group) is 1. The average molecular weight is 690 g/mol. The van der Waals surface area contributed by atoms with Crippen LogP contribution < -0.4 is 9.62 Å². The van der Waals surface area contributed by atoms with Gasteiger partial charge in [0.05, 0.1) is 21.2 Å². The molecular formula is C34H32ClF4N3O4S. The van der Waals surface area contributed by atoms with Gasteiger partial charge in [0.15, 0.2) is 0 Å². The molecule has 13 heteroatoms. The van der Waals surface area contributed by atoms with Crippen LogP contribution in [0.1, 0.15) is 29.2 Å². The highest BCUT2D eigenvalue weighted by atomic mass is 35.5. The van der Waals surface area contributed by atoms with E-state index in [-0.39, 0.29) is 24.4 Å². The molecule has 0 saturated heterocycles. The molecule has 0 radical (unpaired) electrons. The molecule has 0 aromatic heterocycles. The molecule has 248 valence electrons. The summed E-state index contributed by atoms with van der Waals surface area (Å²) in [6.45, 7) is 2.44. The number of carbonyl (C=O) groups excluding carboxylic acids is 2. The number of nitrogens with one attached hydrogen (secondary N) is 1. The summed E-state index contributed by atoms with van der Waals surface area (Å²) in [5.41, 5.74) is 0.0995. The van der Waals surface area contributed by atoms with E-state index in [0.29, 0.717) is 21.5 Å². The van der Waals surface area contributed by atoms with E-state index in [9.17, 15) is 35.6 Å². The number of rotatable bonds is 12. The standard InChI is InChI=1S/C34H32ClF4N3O4S/c1-3-40-33(44)31(19-24-7-5-4-6-8-24)41(21-25-11-13-26(36)14-12-25)32(43)22-42(47(45,46)28-16-9-23(2)10-17-28)27-15-18-30(35)29(20-27)34(37,38)39/h4-18,20,31H,3,19,21-22H2,1-2H3,(H,40,44)/t31-/m0/s1. The Morgan fingerprint density at radius 1 is 0.894 bits per heavy atom. The zero-order valence-corrected chi connectivity index (χ0v) is 27.0. The lowest BCUT2D eigenvalue weighted by atomic mass is 10.0. The van der Waals surface area contributed by atoms with Crippen molar-refractivity contribution in [2.45, 2.75) is 43.9 Å². The van der Waals surface area contributed by atoms with Crippen LogP contribution in [0.25, 0.3) is 0 Å². The van der Waals surface area contributed by atoms with Crippen LogP contribution in [-0.4, -0.2) is 44.3 Å². The Kier molecular flexibility index (Phi) is 11.3. The maximum Gasteiger partial charge on any atom is 0.417 e. The van der Waals surface area contributed by atoms with Crippen LogP contribution in [0, 0.1) is 12.7 Å². The molecule has 1 atom stereocenters. The fourth-order valence-electron chi connectivity index (χ4n) is 4.88. The topological polar surface area (TPSA) is 86.8 Å². The summed E-state index contributed by atoms with van der Waals surface area (Å²) in [7, 11) is -4.64. The number of halogens is 5. The highest BCUT2D eigenvalue weighted by molar-refractivity contribution is 7.92. The molecule has 0 unspecified atom stereocenters. The first kappa shape index (κ1) is 35.4. The fraction of sp³-hybridized carbons (Fsp3) is 0.235. The second kappa shape index (κ2) is 15.0. The molecule has 0 aliphatic carbocycles. The predicted molar refractivity (Wildman–Crippen MR) is 172 cm³/mol. The molecule has 0 bridgehead atoms. The first-order chi connectivity index (χ1) is 22.2. The van der Waals surface area contributed by atoms with Gasteiger partial charge in [-0.05, 0) is 67.4 Å². The van der Waals surface area contributed by atoms with Gasteiger partial charge < -0.3 is 10.2 Å². The summed E-state index contributed by atoms with van der Waals surface area (Å²) in [5, 5.41) is 2.05. The molecule has 2 amide bonds. The summed E-state index contributed by atoms with van der Waals surface area (Å²) in [6.07, 6.45) is -4.90. The lowest BCUT2D eigenvalue weighted by Crippen LogP contribution is -2.53. The number of aryl methyl sites for hydroxylation is 1. The van der Waals surface area contributed by atoms with E-state index in [1.807, 2.05) is 0 Å². The molecule has 7 nitrogen and oxygen atoms in total. The van der Waals surface area contributed by atoms with Gasteiger partial charge in [0, 0.05) is 19.5 Å². The normalized spacial score (nSPS) is 12.3. The Balaban J connectivity index is 1.85. The summed E-state index contributed by atoms with van der Waals surface area (Å²) >= 11 is 5.84. The van der Waals surface area contributed by atoms with Crippen LogP contribution in [0.2, 0.25) is 5.02 Å². The fourth-order valence-corrected chi connectivity index (χ4v) is 6.52. The first-order valence-electron chi connectivity index (χ1n) is 14.5. The second-order valence-electron chi connectivity index (χ2n) is 10.7. The van der Waals surface area contributed by atoms with Crippen LogP contribution >= 0.6 is 11.6 Å². The van der Waals surface area contributed by atoms with E-state index in [0.717, 1.165) is 22.6 Å². The van der Waals surface area contributed by atoms with Crippen LogP contribution in [-0.2, 0) is 38.8 Å². The minimum atomic E-state index is -4.93. The van der Waals surface area contributed by atoms with Gasteiger partial charge in [0.1, 0.15) is 18.4 Å². The van der Waals surface area contributed by atoms with Crippen LogP contribution in [0.4, 0.5) is 23.2 Å². The summed E-state index contributed by atoms with van der Waals surface area (Å²) in [6, 6.07) is 21.0. The molecule has 0 heterocycles. The molecule has 0 fully saturated rings. The van der Waals surface area contributed by atoms with Gasteiger partial charge in [-0.2, -0.15) is 13.2 Å². The van der Waals surface area contributed by atoms with E-state index in [4.69, 9.17) is 11.6 Å². The maximum atomic E-state index is 14.3. The highest BCUT2D eigenvalue weighted by Gasteiger charge is 2.37. The molecule has 1 N–H and O–H groups in total. The second-order valence-corrected chi connectivity index (χ2v) is 13.0. The number of alkyl halides is 3. The lowest BCUT2D eigenvalue weighted by Gasteiger charge is -2.34. The van der Waals surface area contributed by atoms with E-state index in [1.165, 1.54) is 48.5 Å². The van der Waals surface area contributed by atoms with Crippen molar-refractivity contribution in [1.82, 2.24) is 10.2 Å². The molecule has 4 aromatic rings. The minimum Gasteiger partial charge on any atom is -0.355 e. The third kappa shape index (κ3) is 8.89. The maximum absolute atomic E-state index is 14.3. The molecule has 0 aliphatic heterocycles. The van der Waals surface area contributed by atoms with Gasteiger partial charge in [0.25, 0.3) is 10.0 Å². The average Bonchev–Trinajstić information content (AvgIpc) is 3.03. The van der Waals surface area contributed by atoms with Crippen molar-refractivity contribution < 1.29 is 35.6 Å². The number of hydrogen-bond donors (Lipinski definition) is 1. The third-order valence-electron chi connectivity index (χ3n) is 7.32. The Labute approximate surface area is 275 Å². The van der Waals surface area contributed by atoms with Crippen molar-refractivity contribution in [2.24, 2.45) is 0 Å². The van der Waals surface area contributed by atoms with Crippen molar-refractivity contribution in [3.05, 3.63) is 130 Å². The van der Waals surface area contributed by atoms with Crippen LogP contribution in [0.3, 0.4) is 0 Å². The molecular weight excluding hydrogens is 658 g/mol. The van der Waals surface area contributed by atoms with E-state index in [2.05, 4.69) is 5.32 Å². The monoisotopic (exact) mass is 689 g/mol. The Morgan fingerprint density at radius 2 is 1.53 bits per heavy atom. The number of hydrogen-bond acceptors (Lipinski definition) is 4. The van der Waals surface area contributed by atoms with E-state index in [1.54, 1.807) is 44.2 Å². The van der Waals surface area contributed by atoms with Gasteiger partial charge in [0.2, 0.25) is 11.8 Å². The smallest absolute Gasteiger partial charge is 0.355 e. The number of nitrogens with zero attached hydrogens (tertiary/aromatic N) is 2. The zero-order chi connectivity index (χ0) is 34.4. The van der Waals surface area contributed by atoms with Crippen molar-refractivity contribution in [1.29, 1.82) is 0 Å². The molecule has 4 rings (SSSR count). The van der Waals surface area contributed by atoms with Gasteiger partial charge in [-0.15, -0.1) is 0 Å². The van der Waals surface area contributed by atoms with Gasteiger partial charge in [-0.3, -0.25) is 13.9 Å². The summed E-state index contributed by atoms with van der Waals surface area (Å²) in [5.74, 6) is -1.96. The third-order valence-corrected chi connectivity index (χ3v) is 9.44. The number of anilines is 1. The largest absolute Gasteiger partial charge is 0.417 e. The summed E-state index contributed by atoms with van der Waals surface area (Å²) in [4.78, 5) is 28.7. The number of carbonyl (C=O) groups is 2. The molecule has 47 heavy (non-hydrogen) atoms. The van der Waals surface area contributed by atoms with Crippen molar-refractivity contribution >= 4 is 39.1 Å². The predicted octanol–water partition coefficient (Wildman–Crippen LogP) is 6.78. The van der Waals surface area contributed by atoms with Crippen LogP contribution in [0.15, 0.2) is 102 Å². The SMILES string of the molecule is CCNC(=O)[C@H](Cc1ccccc1)N(Cc1ccc(F)cc1)C(=O)CN(c1ccc(Cl)c(C(F)(F)F)c1)S(=O)(=O)c1ccc(C)cc1. The number of sulfonamides is 1. The molecule has 0 aliphatic rings. The Hall–Kier alpha value is -4.42. The van der Waals surface area contributed by atoms with E-state index >= 15 is 0 Å². The lowest BCUT2D eigenvalue weighted by molar-refractivity contribution is -0.140. The summed E-state index contributed by atoms with van der Waals surface area (Å²) < 4.78 is 84.1. The highest BCUT2D eigenvalue weighted by Crippen LogP contribution is 2.38. The number of benzene rings is 4. The van der Waals surface area contributed by atoms with Gasteiger partial charge in [-0.1, -0.05) is 71.8 Å². The van der Waals surface area contributed by atoms with Gasteiger partial charge in [-0.25, -0.2) is 12.8 Å². The van der Waals surface area contributed by atoms with Gasteiger partial charge >= 0.3 is 6.18 Å². The minimum absolute atomic E-state index is 0.0312. The van der Waals surface area contributed by atoms with Crippen molar-refractivity contribution in [2.75, 3.05) is 17.4 Å². The Bertz CT molecular complexity index is 1800. The molecule has 4 aromatic carbocycles. The first-order valence-corrected chi connectivity index (χ1v) is 16.3. The molecule has 0 spiro atoms.